The molecule has 2 aromatic rings. The number of hydrogen-bond donors (Lipinski definition) is 0. The molecule has 0 saturated carbocycles. The average Bonchev–Trinajstić information content (AvgIpc) is 3.07. The maximum atomic E-state index is 12.8. The Kier molecular flexibility index (Phi) is 4.11. The number of pyridine rings is 1. The fraction of sp³-hybridized carbons (Fsp3) is 0.562. The molecule has 0 unspecified atom stereocenters. The zero-order valence-corrected chi connectivity index (χ0v) is 15.2. The van der Waals surface area contributed by atoms with Gasteiger partial charge in [-0.1, -0.05) is 0 Å². The molecular weight excluding hydrogens is 328 g/mol. The fourth-order valence-corrected chi connectivity index (χ4v) is 4.87. The van der Waals surface area contributed by atoms with Crippen molar-refractivity contribution >= 4 is 26.8 Å². The van der Waals surface area contributed by atoms with E-state index >= 15 is 0 Å². The molecule has 0 aromatic carbocycles. The lowest BCUT2D eigenvalue weighted by Gasteiger charge is -2.24. The van der Waals surface area contributed by atoms with Crippen LogP contribution in [0.25, 0.3) is 11.0 Å². The van der Waals surface area contributed by atoms with Gasteiger partial charge in [0.1, 0.15) is 0 Å². The van der Waals surface area contributed by atoms with Gasteiger partial charge in [0.15, 0.2) is 15.5 Å². The van der Waals surface area contributed by atoms with E-state index in [0.29, 0.717) is 17.7 Å². The SMILES string of the molecule is Cc1nc2c(cnn2C(C)C)cc1C(=O)N(C)[C@H]1CCS(=O)(=O)C1. The Morgan fingerprint density at radius 2 is 2.12 bits per heavy atom. The molecule has 0 spiro atoms. The molecule has 7 nitrogen and oxygen atoms in total. The number of carbonyl (C=O) groups is 1. The van der Waals surface area contributed by atoms with Gasteiger partial charge in [-0.2, -0.15) is 5.10 Å². The predicted molar refractivity (Wildman–Crippen MR) is 91.8 cm³/mol. The van der Waals surface area contributed by atoms with Crippen molar-refractivity contribution in [3.05, 3.63) is 23.5 Å². The maximum absolute atomic E-state index is 12.8. The lowest BCUT2D eigenvalue weighted by Crippen LogP contribution is -2.38. The predicted octanol–water partition coefficient (Wildman–Crippen LogP) is 1.58. The van der Waals surface area contributed by atoms with Crippen molar-refractivity contribution in [1.29, 1.82) is 0 Å². The summed E-state index contributed by atoms with van der Waals surface area (Å²) in [5.41, 5.74) is 1.88. The van der Waals surface area contributed by atoms with Gasteiger partial charge in [-0.15, -0.1) is 0 Å². The quantitative estimate of drug-likeness (QED) is 0.839. The summed E-state index contributed by atoms with van der Waals surface area (Å²) in [5.74, 6) is -0.0107. The molecule has 2 aromatic heterocycles. The Morgan fingerprint density at radius 1 is 1.42 bits per heavy atom. The highest BCUT2D eigenvalue weighted by molar-refractivity contribution is 7.91. The maximum Gasteiger partial charge on any atom is 0.255 e. The second kappa shape index (κ2) is 5.84. The summed E-state index contributed by atoms with van der Waals surface area (Å²) in [6, 6.07) is 1.71. The molecule has 1 aliphatic rings. The normalized spacial score (nSPS) is 20.0. The molecule has 0 N–H and O–H groups in total. The van der Waals surface area contributed by atoms with Crippen molar-refractivity contribution in [2.45, 2.75) is 39.3 Å². The van der Waals surface area contributed by atoms with Crippen LogP contribution >= 0.6 is 0 Å². The van der Waals surface area contributed by atoms with Crippen molar-refractivity contribution in [2.24, 2.45) is 0 Å². The highest BCUT2D eigenvalue weighted by Crippen LogP contribution is 2.23. The summed E-state index contributed by atoms with van der Waals surface area (Å²) in [5, 5.41) is 5.14. The van der Waals surface area contributed by atoms with Gasteiger partial charge in [0.25, 0.3) is 5.91 Å². The zero-order valence-electron chi connectivity index (χ0n) is 14.4. The molecule has 0 bridgehead atoms. The van der Waals surface area contributed by atoms with Crippen molar-refractivity contribution < 1.29 is 13.2 Å². The molecule has 0 radical (unpaired) electrons. The summed E-state index contributed by atoms with van der Waals surface area (Å²) in [6.45, 7) is 5.84. The molecule has 3 rings (SSSR count). The number of carbonyl (C=O) groups excluding carboxylic acids is 1. The molecule has 3 heterocycles. The minimum atomic E-state index is -3.03. The summed E-state index contributed by atoms with van der Waals surface area (Å²) in [7, 11) is -1.37. The van der Waals surface area contributed by atoms with Crippen molar-refractivity contribution in [2.75, 3.05) is 18.6 Å². The molecule has 130 valence electrons. The fourth-order valence-electron chi connectivity index (χ4n) is 3.10. The number of nitrogens with zero attached hydrogens (tertiary/aromatic N) is 4. The van der Waals surface area contributed by atoms with Crippen LogP contribution in [-0.2, 0) is 9.84 Å². The molecule has 1 atom stereocenters. The second-order valence-electron chi connectivity index (χ2n) is 6.69. The molecule has 1 aliphatic heterocycles. The molecular formula is C16H22N4O3S. The van der Waals surface area contributed by atoms with E-state index < -0.39 is 9.84 Å². The van der Waals surface area contributed by atoms with Crippen LogP contribution in [0.2, 0.25) is 0 Å². The number of rotatable bonds is 3. The number of sulfone groups is 1. The molecule has 1 saturated heterocycles. The van der Waals surface area contributed by atoms with E-state index in [4.69, 9.17) is 0 Å². The van der Waals surface area contributed by atoms with Gasteiger partial charge >= 0.3 is 0 Å². The molecule has 1 fully saturated rings. The zero-order chi connectivity index (χ0) is 17.6. The summed E-state index contributed by atoms with van der Waals surface area (Å²) >= 11 is 0. The Morgan fingerprint density at radius 3 is 2.71 bits per heavy atom. The first kappa shape index (κ1) is 16.9. The Balaban J connectivity index is 1.94. The number of hydrogen-bond acceptors (Lipinski definition) is 5. The second-order valence-corrected chi connectivity index (χ2v) is 8.92. The highest BCUT2D eigenvalue weighted by Gasteiger charge is 2.33. The molecule has 1 amide bonds. The van der Waals surface area contributed by atoms with Gasteiger partial charge in [0.2, 0.25) is 0 Å². The highest BCUT2D eigenvalue weighted by atomic mass is 32.2. The van der Waals surface area contributed by atoms with Crippen molar-refractivity contribution in [3.63, 3.8) is 0 Å². The van der Waals surface area contributed by atoms with Crippen LogP contribution in [0, 0.1) is 6.92 Å². The minimum Gasteiger partial charge on any atom is -0.338 e. The van der Waals surface area contributed by atoms with E-state index in [2.05, 4.69) is 10.1 Å². The average molecular weight is 350 g/mol. The third-order valence-electron chi connectivity index (χ3n) is 4.56. The van der Waals surface area contributed by atoms with E-state index in [1.165, 1.54) is 4.90 Å². The molecule has 0 aliphatic carbocycles. The van der Waals surface area contributed by atoms with E-state index in [0.717, 1.165) is 11.0 Å². The molecule has 24 heavy (non-hydrogen) atoms. The summed E-state index contributed by atoms with van der Waals surface area (Å²) in [6.07, 6.45) is 2.20. The monoisotopic (exact) mass is 350 g/mol. The van der Waals surface area contributed by atoms with E-state index in [1.807, 2.05) is 18.5 Å². The lowest BCUT2D eigenvalue weighted by molar-refractivity contribution is 0.0746. The third kappa shape index (κ3) is 2.90. The number of fused-ring (bicyclic) bond motifs is 1. The smallest absolute Gasteiger partial charge is 0.255 e. The van der Waals surface area contributed by atoms with Gasteiger partial charge in [-0.05, 0) is 33.3 Å². The van der Waals surface area contributed by atoms with Gasteiger partial charge in [0.05, 0.1) is 29.0 Å². The summed E-state index contributed by atoms with van der Waals surface area (Å²) in [4.78, 5) is 18.9. The van der Waals surface area contributed by atoms with Gasteiger partial charge in [-0.25, -0.2) is 18.1 Å². The van der Waals surface area contributed by atoms with Crippen LogP contribution in [0.15, 0.2) is 12.3 Å². The molecule has 8 heteroatoms. The van der Waals surface area contributed by atoms with Gasteiger partial charge < -0.3 is 4.90 Å². The first-order valence-corrected chi connectivity index (χ1v) is 9.84. The van der Waals surface area contributed by atoms with Crippen molar-refractivity contribution in [1.82, 2.24) is 19.7 Å². The lowest BCUT2D eigenvalue weighted by atomic mass is 10.1. The Labute approximate surface area is 141 Å². The van der Waals surface area contributed by atoms with Crippen LogP contribution in [0.5, 0.6) is 0 Å². The van der Waals surface area contributed by atoms with Crippen LogP contribution in [0.4, 0.5) is 0 Å². The Hall–Kier alpha value is -1.96. The van der Waals surface area contributed by atoms with E-state index in [-0.39, 0.29) is 29.5 Å². The minimum absolute atomic E-state index is 0.0369. The largest absolute Gasteiger partial charge is 0.338 e. The van der Waals surface area contributed by atoms with Crippen LogP contribution in [-0.4, -0.2) is 58.6 Å². The number of amides is 1. The van der Waals surface area contributed by atoms with Crippen molar-refractivity contribution in [3.8, 4) is 0 Å². The van der Waals surface area contributed by atoms with Gasteiger partial charge in [-0.3, -0.25) is 4.79 Å². The topological polar surface area (TPSA) is 85.2 Å². The van der Waals surface area contributed by atoms with Crippen LogP contribution in [0.3, 0.4) is 0 Å². The summed E-state index contributed by atoms with van der Waals surface area (Å²) < 4.78 is 25.1. The third-order valence-corrected chi connectivity index (χ3v) is 6.31. The van der Waals surface area contributed by atoms with Crippen LogP contribution in [0.1, 0.15) is 42.4 Å². The standard InChI is InChI=1S/C16H22N4O3S/c1-10(2)20-15-12(8-17-20)7-14(11(3)18-15)16(21)19(4)13-5-6-24(22,23)9-13/h7-8,10,13H,5-6,9H2,1-4H3/t13-/m0/s1. The van der Waals surface area contributed by atoms with E-state index in [9.17, 15) is 13.2 Å². The number of aryl methyl sites for hydroxylation is 1. The van der Waals surface area contributed by atoms with Crippen LogP contribution < -0.4 is 0 Å². The van der Waals surface area contributed by atoms with Gasteiger partial charge in [0, 0.05) is 24.5 Å². The first-order chi connectivity index (χ1) is 11.2. The first-order valence-electron chi connectivity index (χ1n) is 8.02. The van der Waals surface area contributed by atoms with E-state index in [1.54, 1.807) is 26.2 Å². The Bertz CT molecular complexity index is 901. The number of aromatic nitrogens is 3.